The Balaban J connectivity index is 1.71. The van der Waals surface area contributed by atoms with Crippen LogP contribution < -0.4 is 5.32 Å². The molecule has 132 valence electrons. The quantitative estimate of drug-likeness (QED) is 0.507. The maximum absolute atomic E-state index is 13.7. The second kappa shape index (κ2) is 6.58. The number of halogens is 1. The maximum atomic E-state index is 13.7. The van der Waals surface area contributed by atoms with Crippen molar-refractivity contribution >= 4 is 29.1 Å². The molecule has 1 aromatic rings. The molecule has 8 nitrogen and oxygen atoms in total. The van der Waals surface area contributed by atoms with Gasteiger partial charge >= 0.3 is 0 Å². The molecular weight excluding hydrogens is 333 g/mol. The summed E-state index contributed by atoms with van der Waals surface area (Å²) in [6.45, 7) is -0.521. The third-order valence-electron chi connectivity index (χ3n) is 4.67. The minimum Gasteiger partial charge on any atom is -0.322 e. The first kappa shape index (κ1) is 17.0. The lowest BCUT2D eigenvalue weighted by molar-refractivity contribution is -0.384. The molecule has 1 saturated carbocycles. The number of nitro benzene ring substituents is 1. The van der Waals surface area contributed by atoms with Crippen molar-refractivity contribution < 1.29 is 23.7 Å². The molecule has 0 aromatic heterocycles. The molecule has 3 amide bonds. The van der Waals surface area contributed by atoms with Crippen molar-refractivity contribution in [3.05, 3.63) is 34.1 Å². The van der Waals surface area contributed by atoms with Gasteiger partial charge in [0.05, 0.1) is 22.4 Å². The van der Waals surface area contributed by atoms with Crippen LogP contribution in [0.2, 0.25) is 0 Å². The summed E-state index contributed by atoms with van der Waals surface area (Å²) in [5, 5.41) is 12.9. The van der Waals surface area contributed by atoms with E-state index >= 15 is 0 Å². The zero-order valence-electron chi connectivity index (χ0n) is 13.2. The smallest absolute Gasteiger partial charge is 0.271 e. The topological polar surface area (TPSA) is 110 Å². The van der Waals surface area contributed by atoms with E-state index in [0.29, 0.717) is 12.8 Å². The highest BCUT2D eigenvalue weighted by atomic mass is 19.1. The number of nitro groups is 1. The van der Waals surface area contributed by atoms with E-state index in [1.54, 1.807) is 0 Å². The van der Waals surface area contributed by atoms with E-state index in [2.05, 4.69) is 5.32 Å². The second-order valence-electron chi connectivity index (χ2n) is 6.23. The van der Waals surface area contributed by atoms with Gasteiger partial charge in [-0.3, -0.25) is 29.4 Å². The van der Waals surface area contributed by atoms with Gasteiger partial charge in [0.15, 0.2) is 0 Å². The minimum atomic E-state index is -0.841. The third kappa shape index (κ3) is 3.21. The fourth-order valence-electron chi connectivity index (χ4n) is 3.44. The van der Waals surface area contributed by atoms with Crippen LogP contribution in [0.4, 0.5) is 15.8 Å². The summed E-state index contributed by atoms with van der Waals surface area (Å²) in [6.07, 6.45) is 3.01. The number of non-ortho nitro benzene ring substituents is 1. The zero-order valence-corrected chi connectivity index (χ0v) is 13.2. The normalized spacial score (nSPS) is 22.7. The van der Waals surface area contributed by atoms with E-state index < -0.39 is 23.2 Å². The molecule has 9 heteroatoms. The first-order valence-corrected chi connectivity index (χ1v) is 7.97. The van der Waals surface area contributed by atoms with Gasteiger partial charge in [-0.25, -0.2) is 4.39 Å². The molecule has 2 fully saturated rings. The van der Waals surface area contributed by atoms with E-state index in [0.717, 1.165) is 35.9 Å². The van der Waals surface area contributed by atoms with Gasteiger partial charge in [0.2, 0.25) is 17.7 Å². The molecule has 1 aliphatic carbocycles. The number of carbonyl (C=O) groups excluding carboxylic acids is 3. The van der Waals surface area contributed by atoms with Crippen molar-refractivity contribution in [2.45, 2.75) is 25.7 Å². The molecule has 2 aliphatic rings. The first-order valence-electron chi connectivity index (χ1n) is 7.97. The SMILES string of the molecule is O=C(CN1C(=O)[C@@H]2CCCC[C@H]2C1=O)Nc1cc([N+](=O)[O-])ccc1F. The van der Waals surface area contributed by atoms with Gasteiger partial charge in [0.1, 0.15) is 12.4 Å². The molecule has 1 saturated heterocycles. The van der Waals surface area contributed by atoms with E-state index in [9.17, 15) is 28.9 Å². The number of hydrogen-bond donors (Lipinski definition) is 1. The molecule has 25 heavy (non-hydrogen) atoms. The largest absolute Gasteiger partial charge is 0.322 e. The molecule has 1 N–H and O–H groups in total. The van der Waals surface area contributed by atoms with Crippen molar-refractivity contribution in [2.75, 3.05) is 11.9 Å². The second-order valence-corrected chi connectivity index (χ2v) is 6.23. The number of benzene rings is 1. The highest BCUT2D eigenvalue weighted by Gasteiger charge is 2.48. The lowest BCUT2D eigenvalue weighted by Gasteiger charge is -2.19. The van der Waals surface area contributed by atoms with Gasteiger partial charge < -0.3 is 5.32 Å². The Morgan fingerprint density at radius 2 is 1.84 bits per heavy atom. The number of likely N-dealkylation sites (tertiary alicyclic amines) is 1. The van der Waals surface area contributed by atoms with Gasteiger partial charge in [0, 0.05) is 12.1 Å². The van der Waals surface area contributed by atoms with Crippen LogP contribution in [-0.2, 0) is 14.4 Å². The van der Waals surface area contributed by atoms with E-state index in [1.807, 2.05) is 0 Å². The molecule has 0 unspecified atom stereocenters. The standard InChI is InChI=1S/C16H16FN3O5/c17-12-6-5-9(20(24)25)7-13(12)18-14(21)8-19-15(22)10-3-1-2-4-11(10)16(19)23/h5-7,10-11H,1-4,8H2,(H,18,21)/t10-,11-/m1/s1. The summed E-state index contributed by atoms with van der Waals surface area (Å²) >= 11 is 0. The number of amides is 3. The average Bonchev–Trinajstić information content (AvgIpc) is 2.82. The first-order chi connectivity index (χ1) is 11.9. The zero-order chi connectivity index (χ0) is 18.1. The Kier molecular flexibility index (Phi) is 4.47. The van der Waals surface area contributed by atoms with Crippen molar-refractivity contribution in [3.8, 4) is 0 Å². The summed E-state index contributed by atoms with van der Waals surface area (Å²) in [6, 6.07) is 2.73. The minimum absolute atomic E-state index is 0.365. The molecule has 1 aromatic carbocycles. The van der Waals surface area contributed by atoms with E-state index in [-0.39, 0.29) is 35.0 Å². The van der Waals surface area contributed by atoms with Crippen LogP contribution in [0.3, 0.4) is 0 Å². The Morgan fingerprint density at radius 3 is 2.40 bits per heavy atom. The molecule has 0 radical (unpaired) electrons. The molecule has 0 spiro atoms. The highest BCUT2D eigenvalue weighted by molar-refractivity contribution is 6.08. The molecule has 2 atom stereocenters. The van der Waals surface area contributed by atoms with Crippen LogP contribution in [0, 0.1) is 27.8 Å². The Morgan fingerprint density at radius 1 is 1.24 bits per heavy atom. The van der Waals surface area contributed by atoms with Crippen LogP contribution in [0.15, 0.2) is 18.2 Å². The number of nitrogens with zero attached hydrogens (tertiary/aromatic N) is 2. The number of rotatable bonds is 4. The summed E-state index contributed by atoms with van der Waals surface area (Å²) < 4.78 is 13.7. The summed E-state index contributed by atoms with van der Waals surface area (Å²) in [7, 11) is 0. The van der Waals surface area contributed by atoms with Crippen molar-refractivity contribution in [2.24, 2.45) is 11.8 Å². The molecule has 3 rings (SSSR count). The predicted octanol–water partition coefficient (Wildman–Crippen LogP) is 1.85. The molecule has 1 heterocycles. The van der Waals surface area contributed by atoms with Gasteiger partial charge in [-0.2, -0.15) is 0 Å². The number of hydrogen-bond acceptors (Lipinski definition) is 5. The fourth-order valence-corrected chi connectivity index (χ4v) is 3.44. The van der Waals surface area contributed by atoms with Crippen molar-refractivity contribution in [1.29, 1.82) is 0 Å². The number of imide groups is 1. The van der Waals surface area contributed by atoms with Crippen LogP contribution in [-0.4, -0.2) is 34.1 Å². The van der Waals surface area contributed by atoms with E-state index in [1.165, 1.54) is 0 Å². The van der Waals surface area contributed by atoms with Crippen LogP contribution in [0.5, 0.6) is 0 Å². The lowest BCUT2D eigenvalue weighted by atomic mass is 9.81. The van der Waals surface area contributed by atoms with Crippen LogP contribution >= 0.6 is 0 Å². The number of carbonyl (C=O) groups is 3. The Bertz CT molecular complexity index is 742. The highest BCUT2D eigenvalue weighted by Crippen LogP contribution is 2.37. The average molecular weight is 349 g/mol. The lowest BCUT2D eigenvalue weighted by Crippen LogP contribution is -2.38. The maximum Gasteiger partial charge on any atom is 0.271 e. The summed E-state index contributed by atoms with van der Waals surface area (Å²) in [5.74, 6) is -3.10. The summed E-state index contributed by atoms with van der Waals surface area (Å²) in [5.41, 5.74) is -0.744. The van der Waals surface area contributed by atoms with Crippen LogP contribution in [0.25, 0.3) is 0 Å². The van der Waals surface area contributed by atoms with Gasteiger partial charge in [-0.05, 0) is 18.9 Å². The number of anilines is 1. The predicted molar refractivity (Wildman–Crippen MR) is 83.9 cm³/mol. The van der Waals surface area contributed by atoms with Gasteiger partial charge in [0.25, 0.3) is 5.69 Å². The summed E-state index contributed by atoms with van der Waals surface area (Å²) in [4.78, 5) is 47.7. The fraction of sp³-hybridized carbons (Fsp3) is 0.438. The number of fused-ring (bicyclic) bond motifs is 1. The van der Waals surface area contributed by atoms with E-state index in [4.69, 9.17) is 0 Å². The molecule has 0 bridgehead atoms. The van der Waals surface area contributed by atoms with Gasteiger partial charge in [-0.15, -0.1) is 0 Å². The van der Waals surface area contributed by atoms with Crippen molar-refractivity contribution in [1.82, 2.24) is 4.90 Å². The Hall–Kier alpha value is -2.84. The molecular formula is C16H16FN3O5. The molecule has 1 aliphatic heterocycles. The number of nitrogens with one attached hydrogen (secondary N) is 1. The van der Waals surface area contributed by atoms with Crippen molar-refractivity contribution in [3.63, 3.8) is 0 Å². The Labute approximate surface area is 142 Å². The van der Waals surface area contributed by atoms with Crippen LogP contribution in [0.1, 0.15) is 25.7 Å². The monoisotopic (exact) mass is 349 g/mol. The third-order valence-corrected chi connectivity index (χ3v) is 4.67. The van der Waals surface area contributed by atoms with Gasteiger partial charge in [-0.1, -0.05) is 12.8 Å².